The first-order chi connectivity index (χ1) is 9.79. The van der Waals surface area contributed by atoms with E-state index in [2.05, 4.69) is 20.3 Å². The number of aromatic nitrogens is 5. The Morgan fingerprint density at radius 1 is 1.52 bits per heavy atom. The Kier molecular flexibility index (Phi) is 4.04. The molecule has 0 saturated carbocycles. The van der Waals surface area contributed by atoms with Gasteiger partial charge in [0.2, 0.25) is 10.0 Å². The van der Waals surface area contributed by atoms with Crippen LogP contribution in [0, 0.1) is 6.92 Å². The van der Waals surface area contributed by atoms with E-state index in [9.17, 15) is 13.2 Å². The van der Waals surface area contributed by atoms with Gasteiger partial charge in [0.25, 0.3) is 0 Å². The molecule has 0 fully saturated rings. The fourth-order valence-electron chi connectivity index (χ4n) is 1.63. The normalized spacial score (nSPS) is 12.0. The maximum Gasteiger partial charge on any atom is 0.325 e. The Labute approximate surface area is 120 Å². The largest absolute Gasteiger partial charge is 0.480 e. The van der Waals surface area contributed by atoms with Gasteiger partial charge in [-0.2, -0.15) is 14.5 Å². The molecule has 0 radical (unpaired) electrons. The molecule has 0 atom stereocenters. The highest BCUT2D eigenvalue weighted by Crippen LogP contribution is 2.14. The van der Waals surface area contributed by atoms with Crippen molar-refractivity contribution in [2.45, 2.75) is 24.9 Å². The van der Waals surface area contributed by atoms with Gasteiger partial charge in [0.15, 0.2) is 5.82 Å². The predicted octanol–water partition coefficient (Wildman–Crippen LogP) is -0.785. The summed E-state index contributed by atoms with van der Waals surface area (Å²) in [6.45, 7) is 1.30. The molecular formula is C10H14N6O4S. The first kappa shape index (κ1) is 15.1. The van der Waals surface area contributed by atoms with Crippen LogP contribution in [0.5, 0.6) is 0 Å². The quantitative estimate of drug-likeness (QED) is 0.713. The average molecular weight is 314 g/mol. The second-order valence-electron chi connectivity index (χ2n) is 4.37. The van der Waals surface area contributed by atoms with Crippen LogP contribution in [-0.2, 0) is 27.9 Å². The Morgan fingerprint density at radius 2 is 2.24 bits per heavy atom. The summed E-state index contributed by atoms with van der Waals surface area (Å²) in [5.74, 6) is -0.173. The van der Waals surface area contributed by atoms with Gasteiger partial charge in [0.05, 0.1) is 12.7 Å². The standard InChI is InChI=1S/C10H14N6O4S/c1-7-12-9(14-13-7)5-15(2)21(19,20)8-3-11-16(4-8)6-10(17)18/h3-4H,5-6H2,1-2H3,(H,17,18)(H,12,13,14). The summed E-state index contributed by atoms with van der Waals surface area (Å²) in [5, 5.41) is 18.8. The van der Waals surface area contributed by atoms with E-state index in [0.717, 1.165) is 15.2 Å². The Balaban J connectivity index is 2.16. The lowest BCUT2D eigenvalue weighted by atomic mass is 10.6. The number of nitrogens with one attached hydrogen (secondary N) is 1. The second-order valence-corrected chi connectivity index (χ2v) is 6.41. The van der Waals surface area contributed by atoms with Crippen molar-refractivity contribution >= 4 is 16.0 Å². The van der Waals surface area contributed by atoms with E-state index in [1.165, 1.54) is 13.2 Å². The van der Waals surface area contributed by atoms with Gasteiger partial charge in [0, 0.05) is 13.2 Å². The molecule has 114 valence electrons. The van der Waals surface area contributed by atoms with Crippen LogP contribution in [-0.4, -0.2) is 55.8 Å². The summed E-state index contributed by atoms with van der Waals surface area (Å²) in [7, 11) is -2.40. The van der Waals surface area contributed by atoms with E-state index >= 15 is 0 Å². The molecule has 0 aliphatic carbocycles. The fraction of sp³-hybridized carbons (Fsp3) is 0.400. The van der Waals surface area contributed by atoms with Gasteiger partial charge < -0.3 is 5.11 Å². The van der Waals surface area contributed by atoms with Crippen LogP contribution in [0.4, 0.5) is 0 Å². The van der Waals surface area contributed by atoms with Crippen LogP contribution < -0.4 is 0 Å². The molecule has 0 bridgehead atoms. The Hall–Kier alpha value is -2.27. The number of carboxylic acids is 1. The molecule has 0 spiro atoms. The van der Waals surface area contributed by atoms with Gasteiger partial charge in [-0.05, 0) is 6.92 Å². The number of nitrogens with zero attached hydrogens (tertiary/aromatic N) is 5. The van der Waals surface area contributed by atoms with E-state index < -0.39 is 22.5 Å². The van der Waals surface area contributed by atoms with Crippen molar-refractivity contribution in [3.8, 4) is 0 Å². The van der Waals surface area contributed by atoms with Crippen molar-refractivity contribution in [1.82, 2.24) is 29.3 Å². The molecule has 10 nitrogen and oxygen atoms in total. The van der Waals surface area contributed by atoms with Crippen molar-refractivity contribution in [3.05, 3.63) is 24.0 Å². The van der Waals surface area contributed by atoms with E-state index in [-0.39, 0.29) is 11.4 Å². The number of aromatic amines is 1. The third-order valence-corrected chi connectivity index (χ3v) is 4.38. The summed E-state index contributed by atoms with van der Waals surface area (Å²) in [4.78, 5) is 14.5. The van der Waals surface area contributed by atoms with E-state index in [1.54, 1.807) is 6.92 Å². The molecule has 2 aromatic heterocycles. The number of hydrogen-bond acceptors (Lipinski definition) is 6. The number of sulfonamides is 1. The average Bonchev–Trinajstić information content (AvgIpc) is 2.98. The van der Waals surface area contributed by atoms with Crippen LogP contribution in [0.25, 0.3) is 0 Å². The van der Waals surface area contributed by atoms with Crippen molar-refractivity contribution in [2.75, 3.05) is 7.05 Å². The summed E-state index contributed by atoms with van der Waals surface area (Å²) >= 11 is 0. The Bertz CT molecular complexity index is 749. The molecule has 2 aromatic rings. The number of aliphatic carboxylic acids is 1. The minimum Gasteiger partial charge on any atom is -0.480 e. The second kappa shape index (κ2) is 5.61. The fourth-order valence-corrected chi connectivity index (χ4v) is 2.71. The maximum absolute atomic E-state index is 12.3. The van der Waals surface area contributed by atoms with Crippen molar-refractivity contribution in [3.63, 3.8) is 0 Å². The van der Waals surface area contributed by atoms with Crippen LogP contribution in [0.1, 0.15) is 11.6 Å². The van der Waals surface area contributed by atoms with Gasteiger partial charge in [-0.25, -0.2) is 13.4 Å². The van der Waals surface area contributed by atoms with Crippen molar-refractivity contribution in [2.24, 2.45) is 0 Å². The number of carboxylic acid groups (broad SMARTS) is 1. The minimum atomic E-state index is -3.78. The van der Waals surface area contributed by atoms with Gasteiger partial charge in [0.1, 0.15) is 17.3 Å². The van der Waals surface area contributed by atoms with Crippen LogP contribution in [0.15, 0.2) is 17.3 Å². The topological polar surface area (TPSA) is 134 Å². The summed E-state index contributed by atoms with van der Waals surface area (Å²) in [5.41, 5.74) is 0. The number of rotatable bonds is 6. The molecule has 0 aliphatic heterocycles. The lowest BCUT2D eigenvalue weighted by Gasteiger charge is -2.13. The highest BCUT2D eigenvalue weighted by atomic mass is 32.2. The zero-order valence-electron chi connectivity index (χ0n) is 11.4. The number of aryl methyl sites for hydroxylation is 1. The smallest absolute Gasteiger partial charge is 0.325 e. The maximum atomic E-state index is 12.3. The summed E-state index contributed by atoms with van der Waals surface area (Å²) in [6.07, 6.45) is 2.28. The predicted molar refractivity (Wildman–Crippen MR) is 69.6 cm³/mol. The molecule has 0 aliphatic rings. The first-order valence-electron chi connectivity index (χ1n) is 5.87. The van der Waals surface area contributed by atoms with Crippen LogP contribution >= 0.6 is 0 Å². The Morgan fingerprint density at radius 3 is 2.81 bits per heavy atom. The summed E-state index contributed by atoms with van der Waals surface area (Å²) < 4.78 is 26.7. The zero-order valence-corrected chi connectivity index (χ0v) is 12.2. The van der Waals surface area contributed by atoms with E-state index in [4.69, 9.17) is 5.11 Å². The molecule has 0 aromatic carbocycles. The number of hydrogen-bond donors (Lipinski definition) is 2. The molecule has 0 saturated heterocycles. The zero-order chi connectivity index (χ0) is 15.6. The van der Waals surface area contributed by atoms with Crippen molar-refractivity contribution in [1.29, 1.82) is 0 Å². The SMILES string of the molecule is Cc1nc(CN(C)S(=O)(=O)c2cnn(CC(=O)O)c2)n[nH]1. The first-order valence-corrected chi connectivity index (χ1v) is 7.31. The monoisotopic (exact) mass is 314 g/mol. The minimum absolute atomic E-state index is 0.00319. The van der Waals surface area contributed by atoms with Crippen molar-refractivity contribution < 1.29 is 18.3 Å². The molecule has 11 heteroatoms. The van der Waals surface area contributed by atoms with Gasteiger partial charge >= 0.3 is 5.97 Å². The van der Waals surface area contributed by atoms with Crippen LogP contribution in [0.3, 0.4) is 0 Å². The summed E-state index contributed by atoms with van der Waals surface area (Å²) in [6, 6.07) is 0. The van der Waals surface area contributed by atoms with Gasteiger partial charge in [-0.15, -0.1) is 0 Å². The van der Waals surface area contributed by atoms with Gasteiger partial charge in [-0.3, -0.25) is 14.6 Å². The van der Waals surface area contributed by atoms with E-state index in [0.29, 0.717) is 11.6 Å². The highest BCUT2D eigenvalue weighted by molar-refractivity contribution is 7.89. The number of carbonyl (C=O) groups is 1. The molecule has 0 amide bonds. The molecular weight excluding hydrogens is 300 g/mol. The lowest BCUT2D eigenvalue weighted by Crippen LogP contribution is -2.26. The molecule has 2 heterocycles. The molecule has 0 unspecified atom stereocenters. The number of H-pyrrole nitrogens is 1. The van der Waals surface area contributed by atoms with Gasteiger partial charge in [-0.1, -0.05) is 0 Å². The molecule has 21 heavy (non-hydrogen) atoms. The lowest BCUT2D eigenvalue weighted by molar-refractivity contribution is -0.137. The third kappa shape index (κ3) is 3.44. The van der Waals surface area contributed by atoms with Crippen LogP contribution in [0.2, 0.25) is 0 Å². The molecule has 2 N–H and O–H groups in total. The molecule has 2 rings (SSSR count). The third-order valence-electron chi connectivity index (χ3n) is 2.62. The van der Waals surface area contributed by atoms with E-state index in [1.807, 2.05) is 0 Å². The highest BCUT2D eigenvalue weighted by Gasteiger charge is 2.24.